The minimum absolute atomic E-state index is 0.245. The number of hydrogen-bond donors (Lipinski definition) is 1. The molecule has 1 nitrogen and oxygen atoms in total. The van der Waals surface area contributed by atoms with E-state index in [4.69, 9.17) is 5.73 Å². The van der Waals surface area contributed by atoms with Gasteiger partial charge in [-0.05, 0) is 30.8 Å². The topological polar surface area (TPSA) is 26.0 Å². The maximum absolute atomic E-state index is 5.91. The molecule has 2 unspecified atom stereocenters. The molecule has 2 N–H and O–H groups in total. The fourth-order valence-corrected chi connectivity index (χ4v) is 2.55. The van der Waals surface area contributed by atoms with Gasteiger partial charge in [0.15, 0.2) is 0 Å². The highest BCUT2D eigenvalue weighted by Gasteiger charge is 2.22. The molecule has 0 saturated carbocycles. The zero-order valence-corrected chi connectivity index (χ0v) is 7.29. The van der Waals surface area contributed by atoms with Gasteiger partial charge in [-0.25, -0.2) is 0 Å². The molecule has 1 fully saturated rings. The van der Waals surface area contributed by atoms with Gasteiger partial charge in [0.2, 0.25) is 0 Å². The van der Waals surface area contributed by atoms with Crippen LogP contribution in [0.2, 0.25) is 0 Å². The second-order valence-electron chi connectivity index (χ2n) is 3.00. The fraction of sp³-hybridized carbons (Fsp3) is 0.750. The van der Waals surface area contributed by atoms with Crippen LogP contribution in [0.25, 0.3) is 0 Å². The van der Waals surface area contributed by atoms with E-state index in [9.17, 15) is 0 Å². The average Bonchev–Trinajstić information content (AvgIpc) is 2.36. The van der Waals surface area contributed by atoms with Crippen molar-refractivity contribution < 1.29 is 0 Å². The van der Waals surface area contributed by atoms with Crippen LogP contribution in [0.5, 0.6) is 0 Å². The lowest BCUT2D eigenvalue weighted by Crippen LogP contribution is -2.30. The number of rotatable bonds is 2. The Morgan fingerprint density at radius 3 is 2.90 bits per heavy atom. The monoisotopic (exact) mass is 157 g/mol. The summed E-state index contributed by atoms with van der Waals surface area (Å²) < 4.78 is 0. The minimum Gasteiger partial charge on any atom is -0.324 e. The summed E-state index contributed by atoms with van der Waals surface area (Å²) in [7, 11) is 0. The van der Waals surface area contributed by atoms with Crippen molar-refractivity contribution in [2.45, 2.75) is 19.4 Å². The van der Waals surface area contributed by atoms with Gasteiger partial charge < -0.3 is 5.73 Å². The molecule has 1 saturated heterocycles. The predicted octanol–water partition coefficient (Wildman–Crippen LogP) is 1.64. The van der Waals surface area contributed by atoms with Crippen LogP contribution in [0.3, 0.4) is 0 Å². The third-order valence-corrected chi connectivity index (χ3v) is 3.23. The Morgan fingerprint density at radius 1 is 1.80 bits per heavy atom. The quantitative estimate of drug-likeness (QED) is 0.617. The molecule has 0 spiro atoms. The molecule has 10 heavy (non-hydrogen) atoms. The van der Waals surface area contributed by atoms with E-state index in [-0.39, 0.29) is 6.04 Å². The third kappa shape index (κ3) is 1.77. The lowest BCUT2D eigenvalue weighted by molar-refractivity contribution is 0.514. The van der Waals surface area contributed by atoms with Crippen LogP contribution in [0.4, 0.5) is 0 Å². The van der Waals surface area contributed by atoms with E-state index >= 15 is 0 Å². The SMILES string of the molecule is C=C(C)C(N)C1CCSC1. The first-order valence-electron chi connectivity index (χ1n) is 3.70. The van der Waals surface area contributed by atoms with Gasteiger partial charge in [-0.1, -0.05) is 12.2 Å². The molecule has 0 bridgehead atoms. The first kappa shape index (κ1) is 8.15. The van der Waals surface area contributed by atoms with Crippen molar-refractivity contribution in [3.63, 3.8) is 0 Å². The second-order valence-corrected chi connectivity index (χ2v) is 4.15. The van der Waals surface area contributed by atoms with E-state index in [1.807, 2.05) is 18.7 Å². The van der Waals surface area contributed by atoms with Crippen LogP contribution in [0, 0.1) is 5.92 Å². The Labute approximate surface area is 67.1 Å². The molecule has 2 atom stereocenters. The Kier molecular flexibility index (Phi) is 2.81. The summed E-state index contributed by atoms with van der Waals surface area (Å²) in [6, 6.07) is 0.245. The molecule has 1 aliphatic rings. The van der Waals surface area contributed by atoms with Crippen molar-refractivity contribution in [3.8, 4) is 0 Å². The molecular weight excluding hydrogens is 142 g/mol. The zero-order valence-electron chi connectivity index (χ0n) is 6.47. The molecule has 0 radical (unpaired) electrons. The summed E-state index contributed by atoms with van der Waals surface area (Å²) >= 11 is 2.01. The summed E-state index contributed by atoms with van der Waals surface area (Å²) in [5, 5.41) is 0. The van der Waals surface area contributed by atoms with Gasteiger partial charge in [0.05, 0.1) is 0 Å². The van der Waals surface area contributed by atoms with Crippen LogP contribution in [-0.4, -0.2) is 17.5 Å². The first-order valence-corrected chi connectivity index (χ1v) is 4.86. The van der Waals surface area contributed by atoms with Gasteiger partial charge in [-0.3, -0.25) is 0 Å². The normalized spacial score (nSPS) is 28.4. The fourth-order valence-electron chi connectivity index (χ4n) is 1.24. The van der Waals surface area contributed by atoms with Gasteiger partial charge in [0, 0.05) is 6.04 Å². The highest BCUT2D eigenvalue weighted by molar-refractivity contribution is 7.99. The summed E-state index contributed by atoms with van der Waals surface area (Å²) in [5.41, 5.74) is 7.04. The maximum atomic E-state index is 5.91. The van der Waals surface area contributed by atoms with E-state index in [0.717, 1.165) is 5.57 Å². The van der Waals surface area contributed by atoms with E-state index in [1.165, 1.54) is 17.9 Å². The van der Waals surface area contributed by atoms with Gasteiger partial charge in [-0.2, -0.15) is 11.8 Å². The molecular formula is C8H15NS. The van der Waals surface area contributed by atoms with Crippen LogP contribution >= 0.6 is 11.8 Å². The Bertz CT molecular complexity index is 127. The smallest absolute Gasteiger partial charge is 0.0285 e. The summed E-state index contributed by atoms with van der Waals surface area (Å²) in [5.74, 6) is 3.21. The van der Waals surface area contributed by atoms with Gasteiger partial charge in [-0.15, -0.1) is 0 Å². The number of hydrogen-bond acceptors (Lipinski definition) is 2. The van der Waals surface area contributed by atoms with Crippen LogP contribution < -0.4 is 5.73 Å². The third-order valence-electron chi connectivity index (χ3n) is 2.04. The standard InChI is InChI=1S/C8H15NS/c1-6(2)8(9)7-3-4-10-5-7/h7-8H,1,3-5,9H2,2H3. The van der Waals surface area contributed by atoms with E-state index in [2.05, 4.69) is 6.58 Å². The van der Waals surface area contributed by atoms with Crippen molar-refractivity contribution in [2.75, 3.05) is 11.5 Å². The largest absolute Gasteiger partial charge is 0.324 e. The number of thioether (sulfide) groups is 1. The Balaban J connectivity index is 2.39. The lowest BCUT2D eigenvalue weighted by atomic mass is 9.95. The van der Waals surface area contributed by atoms with Crippen molar-refractivity contribution in [1.82, 2.24) is 0 Å². The van der Waals surface area contributed by atoms with E-state index in [0.29, 0.717) is 5.92 Å². The summed E-state index contributed by atoms with van der Waals surface area (Å²) in [4.78, 5) is 0. The van der Waals surface area contributed by atoms with Crippen LogP contribution in [0.15, 0.2) is 12.2 Å². The van der Waals surface area contributed by atoms with Crippen LogP contribution in [-0.2, 0) is 0 Å². The van der Waals surface area contributed by atoms with Crippen molar-refractivity contribution in [2.24, 2.45) is 11.7 Å². The minimum atomic E-state index is 0.245. The molecule has 0 aromatic heterocycles. The molecule has 1 heterocycles. The van der Waals surface area contributed by atoms with Gasteiger partial charge >= 0.3 is 0 Å². The molecule has 1 aliphatic heterocycles. The molecule has 2 heteroatoms. The summed E-state index contributed by atoms with van der Waals surface area (Å²) in [6.07, 6.45) is 1.28. The summed E-state index contributed by atoms with van der Waals surface area (Å²) in [6.45, 7) is 5.89. The van der Waals surface area contributed by atoms with Crippen molar-refractivity contribution in [3.05, 3.63) is 12.2 Å². The molecule has 1 rings (SSSR count). The lowest BCUT2D eigenvalue weighted by Gasteiger charge is -2.17. The molecule has 0 aliphatic carbocycles. The zero-order chi connectivity index (χ0) is 7.56. The number of nitrogens with two attached hydrogens (primary N) is 1. The molecule has 0 amide bonds. The maximum Gasteiger partial charge on any atom is 0.0285 e. The predicted molar refractivity (Wildman–Crippen MR) is 48.2 cm³/mol. The second kappa shape index (κ2) is 3.44. The molecule has 0 aromatic carbocycles. The average molecular weight is 157 g/mol. The Hall–Kier alpha value is 0.0500. The van der Waals surface area contributed by atoms with Crippen molar-refractivity contribution >= 4 is 11.8 Å². The Morgan fingerprint density at radius 2 is 2.50 bits per heavy atom. The van der Waals surface area contributed by atoms with Crippen molar-refractivity contribution in [1.29, 1.82) is 0 Å². The molecule has 58 valence electrons. The van der Waals surface area contributed by atoms with E-state index < -0.39 is 0 Å². The van der Waals surface area contributed by atoms with Gasteiger partial charge in [0.25, 0.3) is 0 Å². The van der Waals surface area contributed by atoms with Gasteiger partial charge in [0.1, 0.15) is 0 Å². The van der Waals surface area contributed by atoms with Crippen LogP contribution in [0.1, 0.15) is 13.3 Å². The highest BCUT2D eigenvalue weighted by atomic mass is 32.2. The first-order chi connectivity index (χ1) is 4.72. The highest BCUT2D eigenvalue weighted by Crippen LogP contribution is 2.27. The molecule has 0 aromatic rings. The van der Waals surface area contributed by atoms with E-state index in [1.54, 1.807) is 0 Å².